The molecule has 0 saturated carbocycles. The second-order valence-electron chi connectivity index (χ2n) is 4.41. The topological polar surface area (TPSA) is 99.6 Å². The highest BCUT2D eigenvalue weighted by Gasteiger charge is 2.35. The predicted octanol–water partition coefficient (Wildman–Crippen LogP) is 0.0686. The summed E-state index contributed by atoms with van der Waals surface area (Å²) in [7, 11) is 0. The maximum absolute atomic E-state index is 12.4. The van der Waals surface area contributed by atoms with Crippen LogP contribution in [-0.2, 0) is 9.59 Å². The third kappa shape index (κ3) is 2.88. The number of carboxylic acids is 1. The molecule has 1 aromatic heterocycles. The molecule has 2 amide bonds. The Hall–Kier alpha value is -2.15. The van der Waals surface area contributed by atoms with Crippen molar-refractivity contribution in [2.45, 2.75) is 13.0 Å². The van der Waals surface area contributed by atoms with Crippen LogP contribution in [0.2, 0.25) is 5.15 Å². The van der Waals surface area contributed by atoms with Crippen LogP contribution < -0.4 is 5.32 Å². The van der Waals surface area contributed by atoms with E-state index < -0.39 is 23.8 Å². The van der Waals surface area contributed by atoms with E-state index in [0.717, 1.165) is 4.90 Å². The first-order valence-corrected chi connectivity index (χ1v) is 6.21. The second-order valence-corrected chi connectivity index (χ2v) is 4.80. The summed E-state index contributed by atoms with van der Waals surface area (Å²) in [4.78, 5) is 39.8. The zero-order chi connectivity index (χ0) is 14.9. The lowest BCUT2D eigenvalue weighted by Gasteiger charge is -2.32. The van der Waals surface area contributed by atoms with E-state index in [1.54, 1.807) is 6.92 Å². The normalized spacial score (nSPS) is 18.6. The Balaban J connectivity index is 2.33. The molecule has 0 radical (unpaired) electrons. The Morgan fingerprint density at radius 3 is 2.80 bits per heavy atom. The van der Waals surface area contributed by atoms with Crippen molar-refractivity contribution in [2.75, 3.05) is 13.1 Å². The van der Waals surface area contributed by atoms with Gasteiger partial charge in [0.1, 0.15) is 17.7 Å². The van der Waals surface area contributed by atoms with E-state index in [0.29, 0.717) is 5.69 Å². The first kappa shape index (κ1) is 14.3. The maximum atomic E-state index is 12.4. The summed E-state index contributed by atoms with van der Waals surface area (Å²) in [6.07, 6.45) is 0. The average molecular weight is 298 g/mol. The number of hydrogen-bond acceptors (Lipinski definition) is 4. The van der Waals surface area contributed by atoms with E-state index in [-0.39, 0.29) is 23.8 Å². The summed E-state index contributed by atoms with van der Waals surface area (Å²) in [5.74, 6) is -2.12. The van der Waals surface area contributed by atoms with Gasteiger partial charge in [-0.1, -0.05) is 11.6 Å². The number of carbonyl (C=O) groups is 3. The number of hydrogen-bond donors (Lipinski definition) is 2. The van der Waals surface area contributed by atoms with E-state index in [1.807, 2.05) is 0 Å². The molecular formula is C12H12ClN3O4. The van der Waals surface area contributed by atoms with Crippen molar-refractivity contribution in [1.82, 2.24) is 15.2 Å². The summed E-state index contributed by atoms with van der Waals surface area (Å²) >= 11 is 5.78. The van der Waals surface area contributed by atoms with Gasteiger partial charge >= 0.3 is 5.97 Å². The van der Waals surface area contributed by atoms with Crippen molar-refractivity contribution >= 4 is 29.4 Å². The number of nitrogens with zero attached hydrogens (tertiary/aromatic N) is 2. The average Bonchev–Trinajstić information content (AvgIpc) is 2.36. The molecule has 0 aromatic carbocycles. The highest BCUT2D eigenvalue weighted by atomic mass is 35.5. The van der Waals surface area contributed by atoms with Gasteiger partial charge in [0.2, 0.25) is 5.91 Å². The molecule has 1 atom stereocenters. The van der Waals surface area contributed by atoms with Crippen LogP contribution >= 0.6 is 11.6 Å². The number of carbonyl (C=O) groups excluding carboxylic acids is 2. The molecule has 106 valence electrons. The smallest absolute Gasteiger partial charge is 0.328 e. The Kier molecular flexibility index (Phi) is 3.89. The van der Waals surface area contributed by atoms with Gasteiger partial charge in [0.25, 0.3) is 5.91 Å². The number of amides is 2. The highest BCUT2D eigenvalue weighted by molar-refractivity contribution is 6.29. The summed E-state index contributed by atoms with van der Waals surface area (Å²) in [5, 5.41) is 11.7. The molecule has 1 aromatic rings. The lowest BCUT2D eigenvalue weighted by Crippen LogP contribution is -2.59. The van der Waals surface area contributed by atoms with Gasteiger partial charge in [0.15, 0.2) is 0 Å². The van der Waals surface area contributed by atoms with Gasteiger partial charge in [0, 0.05) is 17.8 Å². The highest BCUT2D eigenvalue weighted by Crippen LogP contribution is 2.15. The first-order valence-electron chi connectivity index (χ1n) is 5.83. The molecule has 1 fully saturated rings. The zero-order valence-electron chi connectivity index (χ0n) is 10.6. The van der Waals surface area contributed by atoms with Crippen molar-refractivity contribution in [3.05, 3.63) is 28.5 Å². The minimum atomic E-state index is -1.17. The van der Waals surface area contributed by atoms with E-state index >= 15 is 0 Å². The standard InChI is InChI=1S/C12H12ClN3O4/c1-6-2-7(3-9(13)15-6)11(18)16-5-10(17)14-4-8(16)12(19)20/h2-3,8H,4-5H2,1H3,(H,14,17)(H,19,20). The van der Waals surface area contributed by atoms with Crippen LogP contribution in [0.3, 0.4) is 0 Å². The van der Waals surface area contributed by atoms with Crippen molar-refractivity contribution in [2.24, 2.45) is 0 Å². The monoisotopic (exact) mass is 297 g/mol. The lowest BCUT2D eigenvalue weighted by atomic mass is 10.1. The van der Waals surface area contributed by atoms with Crippen LogP contribution in [0.1, 0.15) is 16.1 Å². The molecule has 2 N–H and O–H groups in total. The SMILES string of the molecule is Cc1cc(C(=O)N2CC(=O)NCC2C(=O)O)cc(Cl)n1. The number of halogens is 1. The second kappa shape index (κ2) is 5.46. The molecule has 0 aliphatic carbocycles. The van der Waals surface area contributed by atoms with Crippen LogP contribution in [0.5, 0.6) is 0 Å². The van der Waals surface area contributed by atoms with Gasteiger partial charge in [-0.3, -0.25) is 9.59 Å². The molecular weight excluding hydrogens is 286 g/mol. The third-order valence-corrected chi connectivity index (χ3v) is 3.09. The predicted molar refractivity (Wildman–Crippen MR) is 69.5 cm³/mol. The number of aromatic nitrogens is 1. The molecule has 20 heavy (non-hydrogen) atoms. The van der Waals surface area contributed by atoms with Crippen LogP contribution in [0.4, 0.5) is 0 Å². The molecule has 1 saturated heterocycles. The largest absolute Gasteiger partial charge is 0.480 e. The Labute approximate surface area is 119 Å². The Morgan fingerprint density at radius 2 is 2.20 bits per heavy atom. The first-order chi connectivity index (χ1) is 9.38. The molecule has 2 rings (SSSR count). The molecule has 1 aliphatic heterocycles. The van der Waals surface area contributed by atoms with Gasteiger partial charge in [-0.25, -0.2) is 9.78 Å². The number of carboxylic acid groups (broad SMARTS) is 1. The van der Waals surface area contributed by atoms with Crippen molar-refractivity contribution in [1.29, 1.82) is 0 Å². The molecule has 0 bridgehead atoms. The zero-order valence-corrected chi connectivity index (χ0v) is 11.3. The van der Waals surface area contributed by atoms with E-state index in [1.165, 1.54) is 12.1 Å². The van der Waals surface area contributed by atoms with Gasteiger partial charge < -0.3 is 15.3 Å². The molecule has 1 aliphatic rings. The lowest BCUT2D eigenvalue weighted by molar-refractivity contribution is -0.144. The van der Waals surface area contributed by atoms with Crippen LogP contribution in [0, 0.1) is 6.92 Å². The fourth-order valence-electron chi connectivity index (χ4n) is 1.99. The number of nitrogens with one attached hydrogen (secondary N) is 1. The Morgan fingerprint density at radius 1 is 1.50 bits per heavy atom. The molecule has 1 unspecified atom stereocenters. The minimum Gasteiger partial charge on any atom is -0.480 e. The summed E-state index contributed by atoms with van der Waals surface area (Å²) < 4.78 is 0. The van der Waals surface area contributed by atoms with Gasteiger partial charge in [-0.2, -0.15) is 0 Å². The summed E-state index contributed by atoms with van der Waals surface area (Å²) in [6.45, 7) is 1.26. The van der Waals surface area contributed by atoms with Crippen LogP contribution in [0.25, 0.3) is 0 Å². The van der Waals surface area contributed by atoms with Gasteiger partial charge in [0.05, 0.1) is 0 Å². The number of aliphatic carboxylic acids is 1. The minimum absolute atomic E-state index is 0.113. The molecule has 2 heterocycles. The number of pyridine rings is 1. The van der Waals surface area contributed by atoms with Crippen LogP contribution in [-0.4, -0.2) is 51.9 Å². The quantitative estimate of drug-likeness (QED) is 0.753. The molecule has 7 nitrogen and oxygen atoms in total. The molecule has 8 heteroatoms. The van der Waals surface area contributed by atoms with Crippen LogP contribution in [0.15, 0.2) is 12.1 Å². The fraction of sp³-hybridized carbons (Fsp3) is 0.333. The maximum Gasteiger partial charge on any atom is 0.328 e. The number of rotatable bonds is 2. The van der Waals surface area contributed by atoms with E-state index in [9.17, 15) is 14.4 Å². The fourth-order valence-corrected chi connectivity index (χ4v) is 2.24. The third-order valence-electron chi connectivity index (χ3n) is 2.90. The van der Waals surface area contributed by atoms with E-state index in [4.69, 9.17) is 16.7 Å². The van der Waals surface area contributed by atoms with Crippen molar-refractivity contribution in [3.63, 3.8) is 0 Å². The van der Waals surface area contributed by atoms with Gasteiger partial charge in [-0.05, 0) is 19.1 Å². The number of piperazine rings is 1. The van der Waals surface area contributed by atoms with Gasteiger partial charge in [-0.15, -0.1) is 0 Å². The summed E-state index contributed by atoms with van der Waals surface area (Å²) in [5.41, 5.74) is 0.748. The van der Waals surface area contributed by atoms with Crippen molar-refractivity contribution in [3.8, 4) is 0 Å². The molecule has 0 spiro atoms. The number of aryl methyl sites for hydroxylation is 1. The van der Waals surface area contributed by atoms with Crippen molar-refractivity contribution < 1.29 is 19.5 Å². The Bertz CT molecular complexity index is 570. The van der Waals surface area contributed by atoms with E-state index in [2.05, 4.69) is 10.3 Å². The summed E-state index contributed by atoms with van der Waals surface area (Å²) in [6, 6.07) is 1.76.